The van der Waals surface area contributed by atoms with E-state index in [0.717, 1.165) is 28.4 Å². The van der Waals surface area contributed by atoms with Crippen molar-refractivity contribution in [2.24, 2.45) is 7.05 Å². The number of rotatable bonds is 6. The van der Waals surface area contributed by atoms with E-state index in [1.807, 2.05) is 19.1 Å². The molecule has 1 atom stereocenters. The molecule has 7 nitrogen and oxygen atoms in total. The Kier molecular flexibility index (Phi) is 5.87. The van der Waals surface area contributed by atoms with E-state index >= 15 is 0 Å². The highest BCUT2D eigenvalue weighted by atomic mass is 19.4. The van der Waals surface area contributed by atoms with E-state index in [-0.39, 0.29) is 5.69 Å². The highest BCUT2D eigenvalue weighted by molar-refractivity contribution is 6.01. The molecule has 0 amide bonds. The molecule has 10 heteroatoms. The molecule has 0 aliphatic carbocycles. The lowest BCUT2D eigenvalue weighted by Crippen LogP contribution is -2.23. The molecule has 0 aliphatic rings. The Morgan fingerprint density at radius 2 is 1.85 bits per heavy atom. The molecule has 0 unspecified atom stereocenters. The molecule has 1 N–H and O–H groups in total. The lowest BCUT2D eigenvalue weighted by Gasteiger charge is -2.18. The van der Waals surface area contributed by atoms with Crippen LogP contribution in [0.1, 0.15) is 29.8 Å². The maximum atomic E-state index is 13.1. The smallest absolute Gasteiger partial charge is 0.383 e. The summed E-state index contributed by atoms with van der Waals surface area (Å²) in [6.07, 6.45) is -4.42. The molecular weight excluding hydrogens is 435 g/mol. The minimum atomic E-state index is -4.42. The van der Waals surface area contributed by atoms with E-state index in [4.69, 9.17) is 4.74 Å². The fraction of sp³-hybridized carbons (Fsp3) is 0.348. The molecule has 2 aromatic heterocycles. The van der Waals surface area contributed by atoms with Crippen LogP contribution in [0.3, 0.4) is 0 Å². The van der Waals surface area contributed by atoms with Gasteiger partial charge in [0.05, 0.1) is 41.5 Å². The molecule has 0 spiro atoms. The van der Waals surface area contributed by atoms with Crippen LogP contribution in [-0.2, 0) is 24.5 Å². The number of anilines is 1. The zero-order chi connectivity index (χ0) is 23.9. The van der Waals surface area contributed by atoms with Crippen molar-refractivity contribution in [3.63, 3.8) is 0 Å². The highest BCUT2D eigenvalue weighted by Gasteiger charge is 2.30. The summed E-state index contributed by atoms with van der Waals surface area (Å²) in [5, 5.41) is 13.2. The van der Waals surface area contributed by atoms with Crippen molar-refractivity contribution in [2.45, 2.75) is 32.6 Å². The number of aromatic nitrogens is 4. The van der Waals surface area contributed by atoms with Gasteiger partial charge in [0.15, 0.2) is 5.82 Å². The first kappa shape index (κ1) is 22.8. The van der Waals surface area contributed by atoms with Gasteiger partial charge in [-0.3, -0.25) is 9.13 Å². The van der Waals surface area contributed by atoms with E-state index in [1.54, 1.807) is 36.3 Å². The van der Waals surface area contributed by atoms with Gasteiger partial charge in [0.2, 0.25) is 0 Å². The number of hydrogen-bond acceptors (Lipinski definition) is 5. The van der Waals surface area contributed by atoms with Gasteiger partial charge in [0, 0.05) is 24.9 Å². The summed E-state index contributed by atoms with van der Waals surface area (Å²) in [7, 11) is 3.27. The molecule has 4 aromatic rings. The first-order valence-corrected chi connectivity index (χ1v) is 10.4. The Morgan fingerprint density at radius 1 is 1.12 bits per heavy atom. The molecule has 0 aliphatic heterocycles. The van der Waals surface area contributed by atoms with Gasteiger partial charge in [-0.05, 0) is 43.7 Å². The Bertz CT molecular complexity index is 1390. The number of benzene rings is 2. The van der Waals surface area contributed by atoms with Crippen molar-refractivity contribution in [1.82, 2.24) is 19.3 Å². The van der Waals surface area contributed by atoms with E-state index in [2.05, 4.69) is 15.5 Å². The first-order valence-electron chi connectivity index (χ1n) is 10.4. The van der Waals surface area contributed by atoms with Gasteiger partial charge in [0.25, 0.3) is 0 Å². The lowest BCUT2D eigenvalue weighted by molar-refractivity contribution is -0.137. The van der Waals surface area contributed by atoms with Crippen LogP contribution in [0.15, 0.2) is 41.2 Å². The molecule has 0 saturated carbocycles. The Hall–Kier alpha value is -3.40. The number of halogens is 3. The SMILES string of the molecule is COCCn1c(=O)n(C)c2cc3c(N[C@H](C)c4cccc(C(F)(F)F)c4)nnc(C)c3cc21. The van der Waals surface area contributed by atoms with Gasteiger partial charge in [-0.25, -0.2) is 4.79 Å². The van der Waals surface area contributed by atoms with Crippen molar-refractivity contribution < 1.29 is 17.9 Å². The monoisotopic (exact) mass is 459 g/mol. The number of nitrogens with zero attached hydrogens (tertiary/aromatic N) is 4. The normalized spacial score (nSPS) is 13.1. The van der Waals surface area contributed by atoms with Crippen molar-refractivity contribution in [1.29, 1.82) is 0 Å². The molecule has 0 fully saturated rings. The predicted molar refractivity (Wildman–Crippen MR) is 120 cm³/mol. The average Bonchev–Trinajstić information content (AvgIpc) is 3.02. The predicted octanol–water partition coefficient (Wildman–Crippen LogP) is 4.43. The van der Waals surface area contributed by atoms with Gasteiger partial charge in [-0.15, -0.1) is 5.10 Å². The minimum absolute atomic E-state index is 0.164. The summed E-state index contributed by atoms with van der Waals surface area (Å²) in [4.78, 5) is 12.8. The number of nitrogens with one attached hydrogen (secondary N) is 1. The quantitative estimate of drug-likeness (QED) is 0.462. The van der Waals surface area contributed by atoms with Crippen molar-refractivity contribution >= 4 is 27.6 Å². The van der Waals surface area contributed by atoms with Crippen LogP contribution in [-0.4, -0.2) is 33.0 Å². The third-order valence-corrected chi connectivity index (χ3v) is 5.82. The third-order valence-electron chi connectivity index (χ3n) is 5.82. The van der Waals surface area contributed by atoms with Gasteiger partial charge in [-0.1, -0.05) is 12.1 Å². The topological polar surface area (TPSA) is 74.0 Å². The molecule has 2 heterocycles. The molecule has 0 radical (unpaired) electrons. The molecule has 174 valence electrons. The van der Waals surface area contributed by atoms with Crippen molar-refractivity contribution in [2.75, 3.05) is 19.0 Å². The van der Waals surface area contributed by atoms with Crippen LogP contribution in [0.5, 0.6) is 0 Å². The molecule has 2 aromatic carbocycles. The zero-order valence-corrected chi connectivity index (χ0v) is 18.7. The minimum Gasteiger partial charge on any atom is -0.383 e. The van der Waals surface area contributed by atoms with Crippen LogP contribution >= 0.6 is 0 Å². The van der Waals surface area contributed by atoms with Gasteiger partial charge >= 0.3 is 11.9 Å². The Morgan fingerprint density at radius 3 is 2.55 bits per heavy atom. The highest BCUT2D eigenvalue weighted by Crippen LogP contribution is 2.33. The van der Waals surface area contributed by atoms with E-state index in [9.17, 15) is 18.0 Å². The third kappa shape index (κ3) is 4.18. The second kappa shape index (κ2) is 8.51. The summed E-state index contributed by atoms with van der Waals surface area (Å²) < 4.78 is 47.7. The fourth-order valence-electron chi connectivity index (χ4n) is 3.95. The van der Waals surface area contributed by atoms with E-state index in [1.165, 1.54) is 6.07 Å². The van der Waals surface area contributed by atoms with Gasteiger partial charge in [0.1, 0.15) is 0 Å². The molecule has 0 saturated heterocycles. The summed E-state index contributed by atoms with van der Waals surface area (Å²) in [6, 6.07) is 8.48. The number of alkyl halides is 3. The van der Waals surface area contributed by atoms with Gasteiger partial charge < -0.3 is 10.1 Å². The lowest BCUT2D eigenvalue weighted by atomic mass is 10.0. The molecular formula is C23H24F3N5O2. The largest absolute Gasteiger partial charge is 0.416 e. The van der Waals surface area contributed by atoms with Crippen molar-refractivity contribution in [3.05, 3.63) is 63.7 Å². The zero-order valence-electron chi connectivity index (χ0n) is 18.7. The maximum Gasteiger partial charge on any atom is 0.416 e. The van der Waals surface area contributed by atoms with Gasteiger partial charge in [-0.2, -0.15) is 18.3 Å². The Balaban J connectivity index is 1.80. The van der Waals surface area contributed by atoms with Crippen LogP contribution < -0.4 is 11.0 Å². The fourth-order valence-corrected chi connectivity index (χ4v) is 3.95. The summed E-state index contributed by atoms with van der Waals surface area (Å²) in [6.45, 7) is 4.39. The number of aryl methyl sites for hydroxylation is 2. The van der Waals surface area contributed by atoms with E-state index in [0.29, 0.717) is 35.7 Å². The number of ether oxygens (including phenoxy) is 1. The van der Waals surface area contributed by atoms with Crippen LogP contribution in [0.4, 0.5) is 19.0 Å². The first-order chi connectivity index (χ1) is 15.6. The van der Waals surface area contributed by atoms with Crippen LogP contribution in [0.2, 0.25) is 0 Å². The standard InChI is InChI=1S/C23H24F3N5O2/c1-13(15-6-5-7-16(10-15)23(24,25)26)27-21-18-12-19-20(11-17(18)14(2)28-29-21)31(8-9-33-4)22(32)30(19)3/h5-7,10-13H,8-9H2,1-4H3,(H,27,29)/t13-/m1/s1. The Labute approximate surface area is 187 Å². The molecule has 4 rings (SSSR count). The second-order valence-electron chi connectivity index (χ2n) is 8.00. The summed E-state index contributed by atoms with van der Waals surface area (Å²) >= 11 is 0. The number of methoxy groups -OCH3 is 1. The molecule has 33 heavy (non-hydrogen) atoms. The van der Waals surface area contributed by atoms with Crippen LogP contribution in [0, 0.1) is 6.92 Å². The number of imidazole rings is 1. The summed E-state index contributed by atoms with van der Waals surface area (Å²) in [5.41, 5.74) is 1.74. The second-order valence-corrected chi connectivity index (χ2v) is 8.00. The van der Waals surface area contributed by atoms with Crippen LogP contribution in [0.25, 0.3) is 21.8 Å². The number of hydrogen-bond donors (Lipinski definition) is 1. The average molecular weight is 459 g/mol. The molecule has 0 bridgehead atoms. The maximum absolute atomic E-state index is 13.1. The van der Waals surface area contributed by atoms with Crippen molar-refractivity contribution in [3.8, 4) is 0 Å². The number of fused-ring (bicyclic) bond motifs is 2. The van der Waals surface area contributed by atoms with E-state index < -0.39 is 17.8 Å². The summed E-state index contributed by atoms with van der Waals surface area (Å²) in [5.74, 6) is 0.430.